The van der Waals surface area contributed by atoms with Crippen molar-refractivity contribution in [1.82, 2.24) is 4.90 Å². The van der Waals surface area contributed by atoms with Crippen LogP contribution in [0.1, 0.15) is 31.2 Å². The minimum atomic E-state index is -0.305. The molecule has 1 aliphatic rings. The van der Waals surface area contributed by atoms with Gasteiger partial charge in [0.25, 0.3) is 0 Å². The summed E-state index contributed by atoms with van der Waals surface area (Å²) >= 11 is 0. The van der Waals surface area contributed by atoms with Gasteiger partial charge in [-0.3, -0.25) is 4.90 Å². The van der Waals surface area contributed by atoms with Crippen molar-refractivity contribution in [2.24, 2.45) is 11.7 Å². The zero-order valence-corrected chi connectivity index (χ0v) is 11.5. The largest absolute Gasteiger partial charge is 0.508 e. The molecular formula is C15H23FN2O. The second-order valence-corrected chi connectivity index (χ2v) is 5.54. The third-order valence-electron chi connectivity index (χ3n) is 4.20. The summed E-state index contributed by atoms with van der Waals surface area (Å²) in [5.74, 6) is 0.364. The van der Waals surface area contributed by atoms with Crippen LogP contribution in [-0.4, -0.2) is 29.6 Å². The quantitative estimate of drug-likeness (QED) is 0.880. The van der Waals surface area contributed by atoms with Crippen LogP contribution in [0.25, 0.3) is 0 Å². The first-order valence-corrected chi connectivity index (χ1v) is 6.99. The maximum absolute atomic E-state index is 13.2. The molecule has 3 nitrogen and oxygen atoms in total. The van der Waals surface area contributed by atoms with E-state index in [1.807, 2.05) is 7.05 Å². The minimum absolute atomic E-state index is 0.161. The van der Waals surface area contributed by atoms with E-state index in [4.69, 9.17) is 5.73 Å². The van der Waals surface area contributed by atoms with Crippen LogP contribution in [0.15, 0.2) is 18.2 Å². The number of hydrogen-bond donors (Lipinski definition) is 2. The van der Waals surface area contributed by atoms with Gasteiger partial charge in [0.15, 0.2) is 0 Å². The molecule has 0 saturated heterocycles. The molecule has 1 aromatic carbocycles. The summed E-state index contributed by atoms with van der Waals surface area (Å²) in [5, 5.41) is 9.79. The Bertz CT molecular complexity index is 425. The highest BCUT2D eigenvalue weighted by molar-refractivity contribution is 5.32. The summed E-state index contributed by atoms with van der Waals surface area (Å²) < 4.78 is 13.2. The number of halogens is 1. The Balaban J connectivity index is 2.06. The number of nitrogens with two attached hydrogens (primary N) is 1. The van der Waals surface area contributed by atoms with Crippen LogP contribution in [0.3, 0.4) is 0 Å². The van der Waals surface area contributed by atoms with Gasteiger partial charge < -0.3 is 10.8 Å². The molecule has 2 unspecified atom stereocenters. The average Bonchev–Trinajstić information content (AvgIpc) is 2.42. The number of nitrogens with zero attached hydrogens (tertiary/aromatic N) is 1. The Morgan fingerprint density at radius 2 is 2.11 bits per heavy atom. The molecule has 0 radical (unpaired) electrons. The Morgan fingerprint density at radius 3 is 2.84 bits per heavy atom. The van der Waals surface area contributed by atoms with E-state index in [1.54, 1.807) is 0 Å². The first-order chi connectivity index (χ1) is 9.11. The van der Waals surface area contributed by atoms with Gasteiger partial charge in [-0.05, 0) is 50.6 Å². The molecule has 19 heavy (non-hydrogen) atoms. The van der Waals surface area contributed by atoms with Gasteiger partial charge in [-0.2, -0.15) is 0 Å². The fourth-order valence-electron chi connectivity index (χ4n) is 3.11. The summed E-state index contributed by atoms with van der Waals surface area (Å²) in [6.07, 6.45) is 4.77. The smallest absolute Gasteiger partial charge is 0.123 e. The Hall–Kier alpha value is -1.13. The number of hydrogen-bond acceptors (Lipinski definition) is 3. The summed E-state index contributed by atoms with van der Waals surface area (Å²) in [4.78, 5) is 2.20. The van der Waals surface area contributed by atoms with Crippen LogP contribution in [0.2, 0.25) is 0 Å². The van der Waals surface area contributed by atoms with Gasteiger partial charge in [0.2, 0.25) is 0 Å². The minimum Gasteiger partial charge on any atom is -0.508 e. The summed E-state index contributed by atoms with van der Waals surface area (Å²) in [6, 6.07) is 4.54. The molecule has 1 aliphatic carbocycles. The van der Waals surface area contributed by atoms with E-state index < -0.39 is 0 Å². The molecule has 0 spiro atoms. The molecule has 3 N–H and O–H groups in total. The molecule has 0 heterocycles. The monoisotopic (exact) mass is 266 g/mol. The summed E-state index contributed by atoms with van der Waals surface area (Å²) in [5.41, 5.74) is 6.49. The highest BCUT2D eigenvalue weighted by atomic mass is 19.1. The van der Waals surface area contributed by atoms with E-state index >= 15 is 0 Å². The standard InChI is InChI=1S/C15H23FN2O/c1-18(14-5-3-2-4-11(14)9-17)10-12-8-13(16)6-7-15(12)19/h6-8,11,14,19H,2-5,9-10,17H2,1H3. The van der Waals surface area contributed by atoms with Gasteiger partial charge in [0.05, 0.1) is 0 Å². The molecule has 1 aromatic rings. The van der Waals surface area contributed by atoms with Crippen LogP contribution in [-0.2, 0) is 6.54 Å². The van der Waals surface area contributed by atoms with Crippen molar-refractivity contribution in [1.29, 1.82) is 0 Å². The molecule has 4 heteroatoms. The van der Waals surface area contributed by atoms with E-state index in [9.17, 15) is 9.50 Å². The van der Waals surface area contributed by atoms with E-state index in [0.717, 1.165) is 6.42 Å². The Kier molecular flexibility index (Phi) is 4.77. The van der Waals surface area contributed by atoms with Gasteiger partial charge in [0, 0.05) is 18.2 Å². The van der Waals surface area contributed by atoms with Crippen molar-refractivity contribution in [2.75, 3.05) is 13.6 Å². The second kappa shape index (κ2) is 6.35. The lowest BCUT2D eigenvalue weighted by Crippen LogP contribution is -2.42. The third kappa shape index (κ3) is 3.45. The topological polar surface area (TPSA) is 49.5 Å². The Morgan fingerprint density at radius 1 is 1.37 bits per heavy atom. The normalized spacial score (nSPS) is 23.8. The van der Waals surface area contributed by atoms with Crippen LogP contribution in [0, 0.1) is 11.7 Å². The predicted octanol–water partition coefficient (Wildman–Crippen LogP) is 2.48. The molecule has 0 aromatic heterocycles. The van der Waals surface area contributed by atoms with Crippen molar-refractivity contribution in [2.45, 2.75) is 38.3 Å². The highest BCUT2D eigenvalue weighted by Crippen LogP contribution is 2.29. The second-order valence-electron chi connectivity index (χ2n) is 5.54. The van der Waals surface area contributed by atoms with E-state index in [1.165, 1.54) is 37.5 Å². The zero-order chi connectivity index (χ0) is 13.8. The molecule has 2 rings (SSSR count). The fraction of sp³-hybridized carbons (Fsp3) is 0.600. The number of benzene rings is 1. The van der Waals surface area contributed by atoms with Gasteiger partial charge in [-0.15, -0.1) is 0 Å². The number of rotatable bonds is 4. The molecule has 2 atom stereocenters. The molecular weight excluding hydrogens is 243 g/mol. The highest BCUT2D eigenvalue weighted by Gasteiger charge is 2.27. The predicted molar refractivity (Wildman–Crippen MR) is 74.3 cm³/mol. The number of phenolic OH excluding ortho intramolecular Hbond substituents is 1. The summed E-state index contributed by atoms with van der Waals surface area (Å²) in [7, 11) is 2.03. The van der Waals surface area contributed by atoms with E-state index in [-0.39, 0.29) is 11.6 Å². The Labute approximate surface area is 114 Å². The van der Waals surface area contributed by atoms with E-state index in [0.29, 0.717) is 30.6 Å². The molecule has 0 aliphatic heterocycles. The maximum atomic E-state index is 13.2. The van der Waals surface area contributed by atoms with Crippen LogP contribution in [0.4, 0.5) is 4.39 Å². The third-order valence-corrected chi connectivity index (χ3v) is 4.20. The average molecular weight is 266 g/mol. The van der Waals surface area contributed by atoms with Crippen molar-refractivity contribution >= 4 is 0 Å². The number of phenols is 1. The van der Waals surface area contributed by atoms with Gasteiger partial charge in [0.1, 0.15) is 11.6 Å². The fourth-order valence-corrected chi connectivity index (χ4v) is 3.11. The van der Waals surface area contributed by atoms with Crippen LogP contribution in [0.5, 0.6) is 5.75 Å². The number of aromatic hydroxyl groups is 1. The van der Waals surface area contributed by atoms with Crippen LogP contribution < -0.4 is 5.73 Å². The lowest BCUT2D eigenvalue weighted by atomic mass is 9.83. The first-order valence-electron chi connectivity index (χ1n) is 6.99. The van der Waals surface area contributed by atoms with Crippen molar-refractivity contribution < 1.29 is 9.50 Å². The maximum Gasteiger partial charge on any atom is 0.123 e. The van der Waals surface area contributed by atoms with E-state index in [2.05, 4.69) is 4.90 Å². The van der Waals surface area contributed by atoms with Crippen molar-refractivity contribution in [3.63, 3.8) is 0 Å². The molecule has 1 saturated carbocycles. The van der Waals surface area contributed by atoms with Crippen molar-refractivity contribution in [3.05, 3.63) is 29.6 Å². The molecule has 0 amide bonds. The van der Waals surface area contributed by atoms with Gasteiger partial charge in [-0.1, -0.05) is 12.8 Å². The van der Waals surface area contributed by atoms with Crippen molar-refractivity contribution in [3.8, 4) is 5.75 Å². The van der Waals surface area contributed by atoms with Crippen LogP contribution >= 0.6 is 0 Å². The van der Waals surface area contributed by atoms with Gasteiger partial charge >= 0.3 is 0 Å². The lowest BCUT2D eigenvalue weighted by molar-refractivity contribution is 0.126. The lowest BCUT2D eigenvalue weighted by Gasteiger charge is -2.37. The SMILES string of the molecule is CN(Cc1cc(F)ccc1O)C1CCCCC1CN. The van der Waals surface area contributed by atoms with Gasteiger partial charge in [-0.25, -0.2) is 4.39 Å². The molecule has 1 fully saturated rings. The molecule has 0 bridgehead atoms. The first kappa shape index (κ1) is 14.3. The molecule has 106 valence electrons. The summed E-state index contributed by atoms with van der Waals surface area (Å²) in [6.45, 7) is 1.26. The zero-order valence-electron chi connectivity index (χ0n) is 11.5.